The lowest BCUT2D eigenvalue weighted by Gasteiger charge is -2.10. The number of benzene rings is 2. The lowest BCUT2D eigenvalue weighted by atomic mass is 10.0. The van der Waals surface area contributed by atoms with Gasteiger partial charge in [0.15, 0.2) is 0 Å². The van der Waals surface area contributed by atoms with Crippen LogP contribution in [-0.2, 0) is 25.8 Å². The van der Waals surface area contributed by atoms with Gasteiger partial charge in [0.2, 0.25) is 0 Å². The fourth-order valence-corrected chi connectivity index (χ4v) is 14.7. The third-order valence-corrected chi connectivity index (χ3v) is 20.9. The zero-order valence-electron chi connectivity index (χ0n) is 62.9. The Hall–Kier alpha value is -2.62. The Bertz CT molecular complexity index is 2060. The second-order valence-corrected chi connectivity index (χ2v) is 29.9. The minimum Gasteiger partial charge on any atom is -0.342 e. The van der Waals surface area contributed by atoms with Crippen LogP contribution in [-0.4, -0.2) is 19.5 Å². The quantitative estimate of drug-likeness (QED) is 0.0448. The van der Waals surface area contributed by atoms with E-state index in [1.807, 2.05) is 0 Å². The highest BCUT2D eigenvalue weighted by atomic mass is 15.1. The molecule has 0 saturated carbocycles. The van der Waals surface area contributed by atoms with Crippen LogP contribution in [0.4, 0.5) is 0 Å². The van der Waals surface area contributed by atoms with Gasteiger partial charge in [0.25, 0.3) is 0 Å². The van der Waals surface area contributed by atoms with Crippen molar-refractivity contribution in [3.05, 3.63) is 59.7 Å². The van der Waals surface area contributed by atoms with Gasteiger partial charge in [-0.3, -0.25) is 0 Å². The molecule has 0 aliphatic rings. The molecular formula is C88H160N4. The van der Waals surface area contributed by atoms with E-state index in [2.05, 4.69) is 79.7 Å². The number of para-hydroxylation sites is 2. The fourth-order valence-electron chi connectivity index (χ4n) is 14.7. The largest absolute Gasteiger partial charge is 0.342 e. The Labute approximate surface area is 575 Å². The maximum atomic E-state index is 5.07. The van der Waals surface area contributed by atoms with Crippen LogP contribution in [0.1, 0.15) is 469 Å². The van der Waals surface area contributed by atoms with Crippen molar-refractivity contribution in [2.75, 3.05) is 0 Å². The number of aromatic nitrogens is 4. The van der Waals surface area contributed by atoms with Crippen molar-refractivity contribution in [3.63, 3.8) is 0 Å². The normalized spacial score (nSPS) is 11.7. The highest BCUT2D eigenvalue weighted by molar-refractivity contribution is 5.76. The number of H-pyrrole nitrogens is 1. The van der Waals surface area contributed by atoms with Crippen LogP contribution in [0.25, 0.3) is 22.1 Å². The molecule has 0 atom stereocenters. The summed E-state index contributed by atoms with van der Waals surface area (Å²) < 4.78 is 2.56. The van der Waals surface area contributed by atoms with Crippen LogP contribution in [0.2, 0.25) is 0 Å². The summed E-state index contributed by atoms with van der Waals surface area (Å²) in [6, 6.07) is 15.8. The van der Waals surface area contributed by atoms with Gasteiger partial charge in [-0.25, -0.2) is 9.97 Å². The average molecular weight is 1270 g/mol. The van der Waals surface area contributed by atoms with E-state index in [0.29, 0.717) is 0 Å². The highest BCUT2D eigenvalue weighted by Gasteiger charge is 2.11. The molecule has 0 aliphatic heterocycles. The maximum Gasteiger partial charge on any atom is 0.109 e. The predicted molar refractivity (Wildman–Crippen MR) is 414 cm³/mol. The molecule has 4 heteroatoms. The molecular weight excluding hydrogens is 1110 g/mol. The van der Waals surface area contributed by atoms with E-state index in [9.17, 15) is 0 Å². The Morgan fingerprint density at radius 1 is 0.261 bits per heavy atom. The molecule has 4 rings (SSSR count). The second kappa shape index (κ2) is 65.7. The van der Waals surface area contributed by atoms with Gasteiger partial charge in [0.1, 0.15) is 11.6 Å². The van der Waals surface area contributed by atoms with Gasteiger partial charge in [-0.05, 0) is 61.9 Å². The Balaban J connectivity index is 0.000000481. The third kappa shape index (κ3) is 49.0. The fraction of sp³-hybridized carbons (Fsp3) is 0.841. The minimum atomic E-state index is 1.10. The van der Waals surface area contributed by atoms with E-state index in [-0.39, 0.29) is 0 Å². The zero-order chi connectivity index (χ0) is 65.2. The highest BCUT2D eigenvalue weighted by Crippen LogP contribution is 2.24. The number of hydrogen-bond donors (Lipinski definition) is 1. The summed E-state index contributed by atoms with van der Waals surface area (Å²) in [6.45, 7) is 10.4. The van der Waals surface area contributed by atoms with Gasteiger partial charge in [-0.1, -0.05) is 444 Å². The van der Waals surface area contributed by atoms with Gasteiger partial charge < -0.3 is 9.55 Å². The Kier molecular flexibility index (Phi) is 59.7. The Morgan fingerprint density at radius 2 is 0.543 bits per heavy atom. The molecule has 0 unspecified atom stereocenters. The molecule has 0 amide bonds. The van der Waals surface area contributed by atoms with Crippen LogP contribution in [0, 0.1) is 0 Å². The molecule has 2 aromatic carbocycles. The van der Waals surface area contributed by atoms with E-state index in [1.54, 1.807) is 0 Å². The zero-order valence-corrected chi connectivity index (χ0v) is 62.9. The van der Waals surface area contributed by atoms with Gasteiger partial charge in [0, 0.05) is 19.4 Å². The van der Waals surface area contributed by atoms with Crippen LogP contribution < -0.4 is 0 Å². The summed E-state index contributed by atoms with van der Waals surface area (Å²) in [5.74, 6) is 2.53. The summed E-state index contributed by atoms with van der Waals surface area (Å²) in [4.78, 5) is 13.6. The van der Waals surface area contributed by atoms with E-state index in [4.69, 9.17) is 9.97 Å². The number of unbranched alkanes of at least 4 members (excludes halogenated alkanes) is 62. The number of fused-ring (bicyclic) bond motifs is 2. The molecule has 1 N–H and O–H groups in total. The van der Waals surface area contributed by atoms with Crippen LogP contribution in [0.3, 0.4) is 0 Å². The average Bonchev–Trinajstić information content (AvgIpc) is 1.82. The summed E-state index contributed by atoms with van der Waals surface area (Å²) >= 11 is 0. The number of aryl methyl sites for hydroxylation is 4. The molecule has 0 aliphatic carbocycles. The predicted octanol–water partition coefficient (Wildman–Crippen LogP) is 31.1. The van der Waals surface area contributed by atoms with Crippen molar-refractivity contribution in [2.24, 2.45) is 0 Å². The van der Waals surface area contributed by atoms with Gasteiger partial charge in [-0.15, -0.1) is 0 Å². The van der Waals surface area contributed by atoms with Crippen LogP contribution in [0.5, 0.6) is 0 Å². The molecule has 4 aromatic rings. The molecule has 0 spiro atoms. The standard InChI is InChI=1S/C45H82N2.C43H78N2/c1-3-5-7-9-11-13-15-17-19-21-23-25-27-29-31-33-35-37-42-39-40-43-44(41-42)47-45(46-43)38-36-34-32-30-28-26-24-22-20-18-16-14-12-10-8-6-4-2;1-3-5-7-9-11-13-15-17-19-21-23-25-27-29-31-33-39-43-44-41-37-34-35-38-42(41)45(43)40-36-32-30-28-26-24-22-20-18-16-14-12-10-8-6-4-2/h39-41H,3-38H2,1-2H3,(H,46,47);34-35,37-38H,3-33,36,39-40H2,1-2H3. The number of rotatable bonds is 70. The maximum absolute atomic E-state index is 5.07. The lowest BCUT2D eigenvalue weighted by Crippen LogP contribution is -2.04. The molecule has 92 heavy (non-hydrogen) atoms. The van der Waals surface area contributed by atoms with E-state index >= 15 is 0 Å². The van der Waals surface area contributed by atoms with Crippen molar-refractivity contribution in [1.29, 1.82) is 0 Å². The summed E-state index contributed by atoms with van der Waals surface area (Å²) in [5, 5.41) is 0. The first-order valence-corrected chi connectivity index (χ1v) is 42.6. The Morgan fingerprint density at radius 3 is 0.880 bits per heavy atom. The van der Waals surface area contributed by atoms with Gasteiger partial charge in [0.05, 0.1) is 22.1 Å². The van der Waals surface area contributed by atoms with Crippen LogP contribution >= 0.6 is 0 Å². The first kappa shape index (κ1) is 83.6. The second-order valence-electron chi connectivity index (χ2n) is 29.9. The topological polar surface area (TPSA) is 46.5 Å². The van der Waals surface area contributed by atoms with Crippen molar-refractivity contribution in [1.82, 2.24) is 19.5 Å². The van der Waals surface area contributed by atoms with Crippen LogP contribution in [0.15, 0.2) is 42.5 Å². The van der Waals surface area contributed by atoms with Crippen molar-refractivity contribution in [2.45, 2.75) is 477 Å². The molecule has 532 valence electrons. The molecule has 0 saturated heterocycles. The smallest absolute Gasteiger partial charge is 0.109 e. The number of nitrogens with zero attached hydrogens (tertiary/aromatic N) is 3. The number of nitrogens with one attached hydrogen (secondary N) is 1. The summed E-state index contributed by atoms with van der Waals surface area (Å²) in [5.41, 5.74) is 6.41. The monoisotopic (exact) mass is 1270 g/mol. The molecule has 0 radical (unpaired) electrons. The lowest BCUT2D eigenvalue weighted by molar-refractivity contribution is 0.516. The molecule has 2 heterocycles. The molecule has 0 bridgehead atoms. The number of imidazole rings is 2. The van der Waals surface area contributed by atoms with E-state index < -0.39 is 0 Å². The summed E-state index contributed by atoms with van der Waals surface area (Å²) in [7, 11) is 0. The number of hydrogen-bond acceptors (Lipinski definition) is 2. The minimum absolute atomic E-state index is 1.10. The molecule has 0 fully saturated rings. The molecule has 2 aromatic heterocycles. The van der Waals surface area contributed by atoms with E-state index in [0.717, 1.165) is 19.4 Å². The van der Waals surface area contributed by atoms with Crippen molar-refractivity contribution < 1.29 is 0 Å². The van der Waals surface area contributed by atoms with Gasteiger partial charge in [-0.2, -0.15) is 0 Å². The van der Waals surface area contributed by atoms with Crippen molar-refractivity contribution >= 4 is 22.1 Å². The van der Waals surface area contributed by atoms with Gasteiger partial charge >= 0.3 is 0 Å². The number of aromatic amines is 1. The summed E-state index contributed by atoms with van der Waals surface area (Å²) in [6.07, 6.45) is 97.9. The SMILES string of the molecule is CCCCCCCCCCCCCCCCCCCc1ccc2[nH]c(CCCCCCCCCCCCCCCCCCC)nc2c1.CCCCCCCCCCCCCCCCCCc1nc2ccccc2n1CCCCCCCCCCCCCCCCCC. The third-order valence-electron chi connectivity index (χ3n) is 20.9. The van der Waals surface area contributed by atoms with Crippen molar-refractivity contribution in [3.8, 4) is 0 Å². The van der Waals surface area contributed by atoms with E-state index in [1.165, 1.54) is 469 Å². The first-order chi connectivity index (χ1) is 45.7. The first-order valence-electron chi connectivity index (χ1n) is 42.6. The molecule has 4 nitrogen and oxygen atoms in total.